The first-order valence-corrected chi connectivity index (χ1v) is 9.59. The topological polar surface area (TPSA) is 55.4 Å². The van der Waals surface area contributed by atoms with Crippen molar-refractivity contribution >= 4 is 10.0 Å². The maximum Gasteiger partial charge on any atom is 0.212 e. The summed E-state index contributed by atoms with van der Waals surface area (Å²) < 4.78 is 45.9. The van der Waals surface area contributed by atoms with E-state index in [2.05, 4.69) is 11.3 Å². The maximum absolute atomic E-state index is 13.8. The zero-order chi connectivity index (χ0) is 16.9. The largest absolute Gasteiger partial charge is 0.490 e. The molecule has 1 aliphatic carbocycles. The Bertz CT molecular complexity index is 641. The van der Waals surface area contributed by atoms with Crippen molar-refractivity contribution in [1.29, 1.82) is 0 Å². The summed E-state index contributed by atoms with van der Waals surface area (Å²) in [4.78, 5) is 0. The minimum absolute atomic E-state index is 0.0512. The van der Waals surface area contributed by atoms with Crippen molar-refractivity contribution in [2.24, 2.45) is 5.92 Å². The molecule has 23 heavy (non-hydrogen) atoms. The minimum Gasteiger partial charge on any atom is -0.490 e. The van der Waals surface area contributed by atoms with Gasteiger partial charge in [0.2, 0.25) is 10.0 Å². The molecule has 1 saturated carbocycles. The molecule has 4 nitrogen and oxygen atoms in total. The highest BCUT2D eigenvalue weighted by atomic mass is 32.2. The number of halogens is 1. The Morgan fingerprint density at radius 3 is 2.87 bits per heavy atom. The number of allylic oxidation sites excluding steroid dienone is 1. The summed E-state index contributed by atoms with van der Waals surface area (Å²) in [7, 11) is -3.37. The van der Waals surface area contributed by atoms with Crippen LogP contribution in [0.25, 0.3) is 0 Å². The highest BCUT2D eigenvalue weighted by Gasteiger charge is 2.23. The second kappa shape index (κ2) is 7.93. The number of hydrogen-bond donors (Lipinski definition) is 1. The van der Waals surface area contributed by atoms with Gasteiger partial charge in [-0.25, -0.2) is 17.5 Å². The van der Waals surface area contributed by atoms with Crippen LogP contribution in [0, 0.1) is 11.7 Å². The zero-order valence-electron chi connectivity index (χ0n) is 13.4. The van der Waals surface area contributed by atoms with Gasteiger partial charge in [0.15, 0.2) is 11.6 Å². The average Bonchev–Trinajstić information content (AvgIpc) is 3.30. The van der Waals surface area contributed by atoms with Gasteiger partial charge in [0.1, 0.15) is 0 Å². The van der Waals surface area contributed by atoms with Gasteiger partial charge in [-0.1, -0.05) is 12.1 Å². The van der Waals surface area contributed by atoms with Crippen LogP contribution in [0.4, 0.5) is 4.39 Å². The van der Waals surface area contributed by atoms with Crippen LogP contribution >= 0.6 is 0 Å². The lowest BCUT2D eigenvalue weighted by Gasteiger charge is -2.16. The minimum atomic E-state index is -3.37. The Hall–Kier alpha value is -1.40. The first kappa shape index (κ1) is 17.9. The van der Waals surface area contributed by atoms with Gasteiger partial charge in [-0.2, -0.15) is 0 Å². The number of hydrogen-bond acceptors (Lipinski definition) is 3. The van der Waals surface area contributed by atoms with E-state index in [9.17, 15) is 12.8 Å². The van der Waals surface area contributed by atoms with Crippen molar-refractivity contribution < 1.29 is 17.5 Å². The third-order valence-corrected chi connectivity index (χ3v) is 5.34. The standard InChI is InChI=1S/C17H24FNO3S/c1-3-4-5-10-23(20,21)19-13(2)15-8-9-16(18)17(11-15)22-12-14-6-7-14/h3,8-9,11,13-14,19H,1,4-7,10,12H2,2H3. The Balaban J connectivity index is 1.98. The predicted molar refractivity (Wildman–Crippen MR) is 89.4 cm³/mol. The molecule has 0 spiro atoms. The van der Waals surface area contributed by atoms with E-state index in [0.717, 1.165) is 12.8 Å². The summed E-state index contributed by atoms with van der Waals surface area (Å²) in [5, 5.41) is 0. The van der Waals surface area contributed by atoms with Gasteiger partial charge in [-0.05, 0) is 56.2 Å². The Morgan fingerprint density at radius 1 is 1.48 bits per heavy atom. The molecule has 1 aromatic carbocycles. The summed E-state index contributed by atoms with van der Waals surface area (Å²) in [6, 6.07) is 4.04. The van der Waals surface area contributed by atoms with Crippen LogP contribution in [0.15, 0.2) is 30.9 Å². The van der Waals surface area contributed by atoms with Gasteiger partial charge >= 0.3 is 0 Å². The second-order valence-electron chi connectivity index (χ2n) is 6.03. The van der Waals surface area contributed by atoms with Crippen LogP contribution in [0.2, 0.25) is 0 Å². The Kier molecular flexibility index (Phi) is 6.18. The lowest BCUT2D eigenvalue weighted by molar-refractivity contribution is 0.285. The predicted octanol–water partition coefficient (Wildman–Crippen LogP) is 3.56. The van der Waals surface area contributed by atoms with Crippen LogP contribution in [-0.4, -0.2) is 20.8 Å². The highest BCUT2D eigenvalue weighted by Crippen LogP contribution is 2.31. The first-order chi connectivity index (χ1) is 10.9. The van der Waals surface area contributed by atoms with Crippen molar-refractivity contribution in [2.75, 3.05) is 12.4 Å². The van der Waals surface area contributed by atoms with Crippen molar-refractivity contribution in [3.63, 3.8) is 0 Å². The smallest absolute Gasteiger partial charge is 0.212 e. The molecule has 128 valence electrons. The third-order valence-electron chi connectivity index (χ3n) is 3.80. The summed E-state index contributed by atoms with van der Waals surface area (Å²) in [5.41, 5.74) is 0.685. The van der Waals surface area contributed by atoms with E-state index in [1.807, 2.05) is 0 Å². The van der Waals surface area contributed by atoms with E-state index >= 15 is 0 Å². The van der Waals surface area contributed by atoms with E-state index in [1.165, 1.54) is 6.07 Å². The number of ether oxygens (including phenoxy) is 1. The van der Waals surface area contributed by atoms with E-state index in [-0.39, 0.29) is 11.5 Å². The van der Waals surface area contributed by atoms with Gasteiger partial charge in [-0.15, -0.1) is 6.58 Å². The van der Waals surface area contributed by atoms with Crippen molar-refractivity contribution in [2.45, 2.75) is 38.6 Å². The van der Waals surface area contributed by atoms with Crippen LogP contribution in [0.5, 0.6) is 5.75 Å². The van der Waals surface area contributed by atoms with Gasteiger partial charge < -0.3 is 4.74 Å². The lowest BCUT2D eigenvalue weighted by Crippen LogP contribution is -2.29. The van der Waals surface area contributed by atoms with Crippen molar-refractivity contribution in [1.82, 2.24) is 4.72 Å². The van der Waals surface area contributed by atoms with Crippen LogP contribution in [0.3, 0.4) is 0 Å². The number of unbranched alkanes of at least 4 members (excludes halogenated alkanes) is 1. The molecule has 0 amide bonds. The summed E-state index contributed by atoms with van der Waals surface area (Å²) >= 11 is 0. The zero-order valence-corrected chi connectivity index (χ0v) is 14.2. The molecule has 1 atom stereocenters. The Morgan fingerprint density at radius 2 is 2.22 bits per heavy atom. The van der Waals surface area contributed by atoms with Gasteiger partial charge in [-0.3, -0.25) is 0 Å². The lowest BCUT2D eigenvalue weighted by atomic mass is 10.1. The molecule has 6 heteroatoms. The summed E-state index contributed by atoms with van der Waals surface area (Å²) in [6.07, 6.45) is 5.14. The molecule has 0 aromatic heterocycles. The monoisotopic (exact) mass is 341 g/mol. The molecule has 1 N–H and O–H groups in total. The molecule has 1 fully saturated rings. The highest BCUT2D eigenvalue weighted by molar-refractivity contribution is 7.89. The summed E-state index contributed by atoms with van der Waals surface area (Å²) in [6.45, 7) is 5.83. The van der Waals surface area contributed by atoms with Crippen molar-refractivity contribution in [3.8, 4) is 5.75 Å². The third kappa shape index (κ3) is 5.95. The second-order valence-corrected chi connectivity index (χ2v) is 7.91. The van der Waals surface area contributed by atoms with E-state index in [1.54, 1.807) is 25.1 Å². The quantitative estimate of drug-likeness (QED) is 0.523. The number of sulfonamides is 1. The fraction of sp³-hybridized carbons (Fsp3) is 0.529. The van der Waals surface area contributed by atoms with E-state index < -0.39 is 21.9 Å². The molecule has 1 aromatic rings. The molecule has 0 heterocycles. The maximum atomic E-state index is 13.8. The molecule has 0 aliphatic heterocycles. The molecule has 2 rings (SSSR count). The van der Waals surface area contributed by atoms with Crippen molar-refractivity contribution in [3.05, 3.63) is 42.2 Å². The molecule has 0 radical (unpaired) electrons. The average molecular weight is 341 g/mol. The number of benzene rings is 1. The number of nitrogens with one attached hydrogen (secondary N) is 1. The molecular weight excluding hydrogens is 317 g/mol. The van der Waals surface area contributed by atoms with Crippen LogP contribution in [0.1, 0.15) is 44.2 Å². The molecule has 1 unspecified atom stereocenters. The normalized spacial score (nSPS) is 16.1. The van der Waals surface area contributed by atoms with Gasteiger partial charge in [0, 0.05) is 6.04 Å². The van der Waals surface area contributed by atoms with E-state index in [0.29, 0.717) is 30.9 Å². The SMILES string of the molecule is C=CCCCS(=O)(=O)NC(C)c1ccc(F)c(OCC2CC2)c1. The molecular formula is C17H24FNO3S. The summed E-state index contributed by atoms with van der Waals surface area (Å²) in [5.74, 6) is 0.344. The van der Waals surface area contributed by atoms with Gasteiger partial charge in [0.25, 0.3) is 0 Å². The molecule has 1 aliphatic rings. The van der Waals surface area contributed by atoms with E-state index in [4.69, 9.17) is 4.74 Å². The van der Waals surface area contributed by atoms with Crippen LogP contribution < -0.4 is 9.46 Å². The molecule has 0 saturated heterocycles. The van der Waals surface area contributed by atoms with Gasteiger partial charge in [0.05, 0.1) is 12.4 Å². The fourth-order valence-electron chi connectivity index (χ4n) is 2.21. The number of rotatable bonds is 10. The Labute approximate surface area is 137 Å². The first-order valence-electron chi connectivity index (χ1n) is 7.94. The fourth-order valence-corrected chi connectivity index (χ4v) is 3.55. The van der Waals surface area contributed by atoms with Crippen LogP contribution in [-0.2, 0) is 10.0 Å². The molecule has 0 bridgehead atoms.